The van der Waals surface area contributed by atoms with Gasteiger partial charge in [-0.1, -0.05) is 15.9 Å². The van der Waals surface area contributed by atoms with Crippen LogP contribution >= 0.6 is 15.9 Å². The van der Waals surface area contributed by atoms with Gasteiger partial charge in [-0.15, -0.1) is 0 Å². The summed E-state index contributed by atoms with van der Waals surface area (Å²) in [6.07, 6.45) is 1.56. The second kappa shape index (κ2) is 3.96. The molecule has 0 radical (unpaired) electrons. The highest BCUT2D eigenvalue weighted by atomic mass is 79.9. The van der Waals surface area contributed by atoms with Gasteiger partial charge in [0.1, 0.15) is 6.61 Å². The SMILES string of the molecule is O=C(CBr)c1cnc2c(c1)OCCN2. The van der Waals surface area contributed by atoms with E-state index in [0.717, 1.165) is 6.54 Å². The molecule has 0 saturated heterocycles. The van der Waals surface area contributed by atoms with Crippen LogP contribution in [0.1, 0.15) is 10.4 Å². The number of anilines is 1. The summed E-state index contributed by atoms with van der Waals surface area (Å²) >= 11 is 3.11. The number of hydrogen-bond donors (Lipinski definition) is 1. The summed E-state index contributed by atoms with van der Waals surface area (Å²) in [7, 11) is 0. The van der Waals surface area contributed by atoms with E-state index in [1.807, 2.05) is 0 Å². The van der Waals surface area contributed by atoms with Gasteiger partial charge in [-0.3, -0.25) is 4.79 Å². The third-order valence-corrected chi connectivity index (χ3v) is 2.46. The van der Waals surface area contributed by atoms with Crippen molar-refractivity contribution in [3.63, 3.8) is 0 Å². The fraction of sp³-hybridized carbons (Fsp3) is 0.333. The third-order valence-electron chi connectivity index (χ3n) is 1.95. The van der Waals surface area contributed by atoms with Crippen LogP contribution in [0, 0.1) is 0 Å². The first kappa shape index (κ1) is 9.45. The molecule has 0 aliphatic carbocycles. The molecular weight excluding hydrogens is 248 g/mol. The van der Waals surface area contributed by atoms with Crippen molar-refractivity contribution in [1.29, 1.82) is 0 Å². The highest BCUT2D eigenvalue weighted by Gasteiger charge is 2.13. The predicted molar refractivity (Wildman–Crippen MR) is 56.3 cm³/mol. The van der Waals surface area contributed by atoms with Gasteiger partial charge in [0.2, 0.25) is 0 Å². The average molecular weight is 257 g/mol. The molecule has 0 saturated carbocycles. The number of fused-ring (bicyclic) bond motifs is 1. The Morgan fingerprint density at radius 3 is 3.36 bits per heavy atom. The van der Waals surface area contributed by atoms with Crippen molar-refractivity contribution in [3.8, 4) is 5.75 Å². The van der Waals surface area contributed by atoms with Crippen LogP contribution in [0.2, 0.25) is 0 Å². The quantitative estimate of drug-likeness (QED) is 0.643. The number of halogens is 1. The lowest BCUT2D eigenvalue weighted by Crippen LogP contribution is -2.19. The van der Waals surface area contributed by atoms with Crippen LogP contribution in [0.25, 0.3) is 0 Å². The predicted octanol–water partition coefficient (Wildman–Crippen LogP) is 1.46. The monoisotopic (exact) mass is 256 g/mol. The summed E-state index contributed by atoms with van der Waals surface area (Å²) in [5.74, 6) is 1.37. The zero-order valence-electron chi connectivity index (χ0n) is 7.42. The summed E-state index contributed by atoms with van der Waals surface area (Å²) < 4.78 is 5.37. The molecule has 0 unspecified atom stereocenters. The largest absolute Gasteiger partial charge is 0.488 e. The van der Waals surface area contributed by atoms with Gasteiger partial charge in [-0.2, -0.15) is 0 Å². The summed E-state index contributed by atoms with van der Waals surface area (Å²) in [4.78, 5) is 15.4. The average Bonchev–Trinajstić information content (AvgIpc) is 2.27. The van der Waals surface area contributed by atoms with Crippen LogP contribution in [0.15, 0.2) is 12.3 Å². The van der Waals surface area contributed by atoms with E-state index in [2.05, 4.69) is 26.2 Å². The zero-order valence-corrected chi connectivity index (χ0v) is 9.00. The minimum atomic E-state index is 0.00877. The Hall–Kier alpha value is -1.10. The Morgan fingerprint density at radius 1 is 1.71 bits per heavy atom. The molecule has 1 aliphatic heterocycles. The summed E-state index contributed by atoms with van der Waals surface area (Å²) in [6.45, 7) is 1.37. The standard InChI is InChI=1S/C9H9BrN2O2/c10-4-7(13)6-3-8-9(12-5-6)11-1-2-14-8/h3,5H,1-2,4H2,(H,11,12). The van der Waals surface area contributed by atoms with E-state index in [1.54, 1.807) is 12.3 Å². The first-order valence-corrected chi connectivity index (χ1v) is 5.39. The highest BCUT2D eigenvalue weighted by molar-refractivity contribution is 9.09. The van der Waals surface area contributed by atoms with Crippen molar-refractivity contribution in [3.05, 3.63) is 17.8 Å². The number of nitrogens with zero attached hydrogens (tertiary/aromatic N) is 1. The Kier molecular flexibility index (Phi) is 2.67. The molecule has 0 fully saturated rings. The zero-order chi connectivity index (χ0) is 9.97. The number of pyridine rings is 1. The van der Waals surface area contributed by atoms with Crippen molar-refractivity contribution < 1.29 is 9.53 Å². The van der Waals surface area contributed by atoms with Gasteiger partial charge >= 0.3 is 0 Å². The highest BCUT2D eigenvalue weighted by Crippen LogP contribution is 2.25. The fourth-order valence-electron chi connectivity index (χ4n) is 1.25. The molecule has 74 valence electrons. The molecule has 0 bridgehead atoms. The van der Waals surface area contributed by atoms with Crippen molar-refractivity contribution >= 4 is 27.5 Å². The Bertz CT molecular complexity index is 368. The number of ether oxygens (including phenoxy) is 1. The lowest BCUT2D eigenvalue weighted by Gasteiger charge is -2.18. The Morgan fingerprint density at radius 2 is 2.57 bits per heavy atom. The van der Waals surface area contributed by atoms with Crippen molar-refractivity contribution in [2.75, 3.05) is 23.8 Å². The second-order valence-electron chi connectivity index (χ2n) is 2.90. The molecule has 1 aromatic rings. The van der Waals surface area contributed by atoms with E-state index in [0.29, 0.717) is 29.1 Å². The van der Waals surface area contributed by atoms with Crippen LogP contribution in [-0.4, -0.2) is 29.2 Å². The summed E-state index contributed by atoms with van der Waals surface area (Å²) in [5.41, 5.74) is 0.573. The molecule has 0 spiro atoms. The van der Waals surface area contributed by atoms with Crippen molar-refractivity contribution in [1.82, 2.24) is 4.98 Å². The molecule has 5 heteroatoms. The lowest BCUT2D eigenvalue weighted by molar-refractivity contribution is 0.102. The molecular formula is C9H9BrN2O2. The first-order chi connectivity index (χ1) is 6.81. The molecule has 0 amide bonds. The summed E-state index contributed by atoms with van der Waals surface area (Å²) in [6, 6.07) is 1.72. The number of carbonyl (C=O) groups excluding carboxylic acids is 1. The molecule has 0 atom stereocenters. The maximum Gasteiger partial charge on any atom is 0.175 e. The molecule has 4 nitrogen and oxygen atoms in total. The van der Waals surface area contributed by atoms with E-state index in [9.17, 15) is 4.79 Å². The van der Waals surface area contributed by atoms with Gasteiger partial charge in [0, 0.05) is 11.8 Å². The Balaban J connectivity index is 2.33. The van der Waals surface area contributed by atoms with E-state index < -0.39 is 0 Å². The van der Waals surface area contributed by atoms with Gasteiger partial charge in [-0.05, 0) is 6.07 Å². The molecule has 0 aromatic carbocycles. The lowest BCUT2D eigenvalue weighted by atomic mass is 10.2. The van der Waals surface area contributed by atoms with Crippen LogP contribution < -0.4 is 10.1 Å². The van der Waals surface area contributed by atoms with E-state index in [-0.39, 0.29) is 5.78 Å². The smallest absolute Gasteiger partial charge is 0.175 e. The van der Waals surface area contributed by atoms with Crippen LogP contribution in [-0.2, 0) is 0 Å². The maximum absolute atomic E-state index is 11.3. The number of alkyl halides is 1. The van der Waals surface area contributed by atoms with Crippen LogP contribution in [0.3, 0.4) is 0 Å². The number of Topliss-reactive ketones (excluding diaryl/α,β-unsaturated/α-hetero) is 1. The number of ketones is 1. The normalized spacial score (nSPS) is 13.8. The second-order valence-corrected chi connectivity index (χ2v) is 3.46. The van der Waals surface area contributed by atoms with Crippen molar-refractivity contribution in [2.24, 2.45) is 0 Å². The minimum absolute atomic E-state index is 0.00877. The molecule has 2 heterocycles. The Labute approximate surface area is 89.8 Å². The van der Waals surface area contributed by atoms with E-state index >= 15 is 0 Å². The van der Waals surface area contributed by atoms with Crippen molar-refractivity contribution in [2.45, 2.75) is 0 Å². The molecule has 1 aromatic heterocycles. The van der Waals surface area contributed by atoms with Gasteiger partial charge in [0.15, 0.2) is 17.4 Å². The van der Waals surface area contributed by atoms with Gasteiger partial charge < -0.3 is 10.1 Å². The minimum Gasteiger partial charge on any atom is -0.488 e. The number of hydrogen-bond acceptors (Lipinski definition) is 4. The molecule has 1 N–H and O–H groups in total. The first-order valence-electron chi connectivity index (χ1n) is 4.27. The fourth-order valence-corrected chi connectivity index (χ4v) is 1.57. The summed E-state index contributed by atoms with van der Waals surface area (Å²) in [5, 5.41) is 3.39. The molecule has 14 heavy (non-hydrogen) atoms. The molecule has 1 aliphatic rings. The van der Waals surface area contributed by atoms with E-state index in [1.165, 1.54) is 0 Å². The topological polar surface area (TPSA) is 51.2 Å². The van der Waals surface area contributed by atoms with Crippen LogP contribution in [0.4, 0.5) is 5.82 Å². The number of nitrogens with one attached hydrogen (secondary N) is 1. The van der Waals surface area contributed by atoms with Gasteiger partial charge in [0.05, 0.1) is 11.9 Å². The van der Waals surface area contributed by atoms with Gasteiger partial charge in [-0.25, -0.2) is 4.98 Å². The number of carbonyl (C=O) groups is 1. The molecule has 2 rings (SSSR count). The number of aromatic nitrogens is 1. The third kappa shape index (κ3) is 1.72. The number of rotatable bonds is 2. The van der Waals surface area contributed by atoms with Crippen LogP contribution in [0.5, 0.6) is 5.75 Å². The maximum atomic E-state index is 11.3. The van der Waals surface area contributed by atoms with E-state index in [4.69, 9.17) is 4.74 Å². The van der Waals surface area contributed by atoms with Gasteiger partial charge in [0.25, 0.3) is 0 Å².